The van der Waals surface area contributed by atoms with E-state index in [1.807, 2.05) is 91.0 Å². The number of aliphatic hydroxyl groups is 3. The molecule has 0 aliphatic carbocycles. The highest BCUT2D eigenvalue weighted by atomic mass is 31.2. The van der Waals surface area contributed by atoms with Crippen molar-refractivity contribution in [3.8, 4) is 0 Å². The van der Waals surface area contributed by atoms with E-state index in [0.29, 0.717) is 12.8 Å². The first-order chi connectivity index (χ1) is 20.8. The first-order valence-electron chi connectivity index (χ1n) is 14.0. The van der Waals surface area contributed by atoms with Crippen LogP contribution in [-0.4, -0.2) is 61.2 Å². The van der Waals surface area contributed by atoms with Gasteiger partial charge in [-0.25, -0.2) is 0 Å². The molecule has 0 saturated carbocycles. The number of hydrogen-bond acceptors (Lipinski definition) is 9. The minimum absolute atomic E-state index is 0.00130. The second-order valence-electron chi connectivity index (χ2n) is 9.44. The van der Waals surface area contributed by atoms with Gasteiger partial charge in [-0.15, -0.1) is 0 Å². The summed E-state index contributed by atoms with van der Waals surface area (Å²) in [5.74, 6) is -0.594. The van der Waals surface area contributed by atoms with Gasteiger partial charge in [0, 0.05) is 31.7 Å². The summed E-state index contributed by atoms with van der Waals surface area (Å²) < 4.78 is 62.2. The summed E-state index contributed by atoms with van der Waals surface area (Å²) in [4.78, 5) is 0. The molecule has 0 bridgehead atoms. The van der Waals surface area contributed by atoms with Crippen LogP contribution in [0.4, 0.5) is 4.39 Å². The summed E-state index contributed by atoms with van der Waals surface area (Å²) in [6, 6.07) is 28.3. The van der Waals surface area contributed by atoms with Crippen molar-refractivity contribution in [2.75, 3.05) is 45.9 Å². The molecule has 0 spiro atoms. The highest BCUT2D eigenvalue weighted by Gasteiger charge is 2.36. The zero-order chi connectivity index (χ0) is 31.4. The van der Waals surface area contributed by atoms with Gasteiger partial charge in [-0.1, -0.05) is 91.0 Å². The molecule has 1 aliphatic heterocycles. The molecule has 232 valence electrons. The number of halogens is 1. The van der Waals surface area contributed by atoms with Crippen LogP contribution in [-0.2, 0) is 47.0 Å². The van der Waals surface area contributed by atoms with Crippen molar-refractivity contribution < 1.29 is 48.3 Å². The van der Waals surface area contributed by atoms with Crippen molar-refractivity contribution in [2.24, 2.45) is 11.8 Å². The van der Waals surface area contributed by atoms with Gasteiger partial charge < -0.3 is 33.4 Å². The Bertz CT molecular complexity index is 1170. The molecule has 2 unspecified atom stereocenters. The van der Waals surface area contributed by atoms with E-state index in [0.717, 1.165) is 16.7 Å². The SMILES string of the molecule is O=P(CC(CO)CO)(OCc1ccccc1)OCc1ccccc1.O=P1(OCc2ccccc2)CC(CO)CO1.[2H]CF. The third kappa shape index (κ3) is 13.4. The van der Waals surface area contributed by atoms with E-state index in [2.05, 4.69) is 0 Å². The zero-order valence-corrected chi connectivity index (χ0v) is 25.2. The molecule has 1 saturated heterocycles. The lowest BCUT2D eigenvalue weighted by molar-refractivity contribution is 0.144. The summed E-state index contributed by atoms with van der Waals surface area (Å²) >= 11 is 0. The Morgan fingerprint density at radius 1 is 0.881 bits per heavy atom. The largest absolute Gasteiger partial charge is 0.396 e. The molecule has 42 heavy (non-hydrogen) atoms. The van der Waals surface area contributed by atoms with E-state index in [-0.39, 0.29) is 51.7 Å². The van der Waals surface area contributed by atoms with Crippen molar-refractivity contribution >= 4 is 15.2 Å². The Hall–Kier alpha value is -2.23. The molecule has 2 atom stereocenters. The number of hydrogen-bond donors (Lipinski definition) is 3. The van der Waals surface area contributed by atoms with Gasteiger partial charge in [-0.05, 0) is 16.7 Å². The third-order valence-electron chi connectivity index (χ3n) is 6.06. The second-order valence-corrected chi connectivity index (χ2v) is 13.6. The first-order valence-corrected chi connectivity index (χ1v) is 16.8. The molecule has 3 aromatic rings. The highest BCUT2D eigenvalue weighted by Crippen LogP contribution is 2.55. The van der Waals surface area contributed by atoms with Crippen molar-refractivity contribution in [2.45, 2.75) is 19.8 Å². The lowest BCUT2D eigenvalue weighted by Gasteiger charge is -2.22. The molecular weight excluding hydrogens is 585 g/mol. The van der Waals surface area contributed by atoms with Gasteiger partial charge in [0.1, 0.15) is 0 Å². The van der Waals surface area contributed by atoms with Crippen molar-refractivity contribution in [1.82, 2.24) is 0 Å². The Morgan fingerprint density at radius 2 is 1.31 bits per heavy atom. The van der Waals surface area contributed by atoms with Crippen LogP contribution < -0.4 is 0 Å². The van der Waals surface area contributed by atoms with Crippen LogP contribution in [0.3, 0.4) is 0 Å². The van der Waals surface area contributed by atoms with E-state index in [1.54, 1.807) is 0 Å². The fourth-order valence-corrected chi connectivity index (χ4v) is 7.48. The average Bonchev–Trinajstić information content (AvgIpc) is 3.44. The number of alkyl halides is 1. The van der Waals surface area contributed by atoms with Crippen LogP contribution in [0.15, 0.2) is 91.0 Å². The van der Waals surface area contributed by atoms with Gasteiger partial charge in [-0.2, -0.15) is 0 Å². The predicted octanol–water partition coefficient (Wildman–Crippen LogP) is 5.83. The quantitative estimate of drug-likeness (QED) is 0.189. The number of benzene rings is 3. The monoisotopic (exact) mass is 627 g/mol. The van der Waals surface area contributed by atoms with Crippen molar-refractivity contribution in [1.29, 1.82) is 0 Å². The lowest BCUT2D eigenvalue weighted by Crippen LogP contribution is -2.18. The van der Waals surface area contributed by atoms with Gasteiger partial charge in [0.2, 0.25) is 0 Å². The summed E-state index contributed by atoms with van der Waals surface area (Å²) in [5.41, 5.74) is 2.73. The molecule has 1 heterocycles. The van der Waals surface area contributed by atoms with E-state index in [1.165, 1.54) is 0 Å². The fourth-order valence-electron chi connectivity index (χ4n) is 3.71. The van der Waals surface area contributed by atoms with Crippen LogP contribution in [0.1, 0.15) is 18.1 Å². The van der Waals surface area contributed by atoms with Crippen LogP contribution in [0.25, 0.3) is 0 Å². The number of rotatable bonds is 14. The molecule has 4 rings (SSSR count). The van der Waals surface area contributed by atoms with E-state index in [4.69, 9.17) is 24.6 Å². The molecule has 1 aliphatic rings. The van der Waals surface area contributed by atoms with Gasteiger partial charge >= 0.3 is 15.2 Å². The van der Waals surface area contributed by atoms with Crippen LogP contribution in [0.2, 0.25) is 0 Å². The van der Waals surface area contributed by atoms with Crippen molar-refractivity contribution in [3.05, 3.63) is 108 Å². The third-order valence-corrected chi connectivity index (χ3v) is 10.1. The standard InChI is InChI=1S/C18H23O5P.C11H15O4P.CH3F/c19-11-18(12-20)15-24(21,22-13-16-7-3-1-4-8-16)23-14-17-9-5-2-6-10-17;12-6-11-8-15-16(13,9-11)14-7-10-4-2-1-3-5-10;1-2/h1-10,18-20H,11-15H2;1-5,11-12H,6-9H2;1H3/i;;1D. The summed E-state index contributed by atoms with van der Waals surface area (Å²) in [6.07, 6.45) is 0.288. The average molecular weight is 628 g/mol. The first kappa shape index (κ1) is 34.3. The molecule has 1 fully saturated rings. The summed E-state index contributed by atoms with van der Waals surface area (Å²) in [6.45, 7) is 0.359. The highest BCUT2D eigenvalue weighted by molar-refractivity contribution is 7.54. The molecular formula is C30H41FO9P2. The Kier molecular flexibility index (Phi) is 16.2. The molecule has 12 heteroatoms. The maximum atomic E-state index is 13.0. The molecule has 9 nitrogen and oxygen atoms in total. The maximum Gasteiger partial charge on any atom is 0.331 e. The van der Waals surface area contributed by atoms with Crippen LogP contribution in [0.5, 0.6) is 0 Å². The van der Waals surface area contributed by atoms with Gasteiger partial charge in [0.25, 0.3) is 0 Å². The van der Waals surface area contributed by atoms with Crippen molar-refractivity contribution in [3.63, 3.8) is 0 Å². The minimum Gasteiger partial charge on any atom is -0.396 e. The zero-order valence-electron chi connectivity index (χ0n) is 24.4. The Morgan fingerprint density at radius 3 is 1.69 bits per heavy atom. The second kappa shape index (κ2) is 19.9. The molecule has 0 radical (unpaired) electrons. The van der Waals surface area contributed by atoms with Gasteiger partial charge in [0.05, 0.1) is 47.3 Å². The molecule has 3 aromatic carbocycles. The van der Waals surface area contributed by atoms with E-state index in [9.17, 15) is 23.7 Å². The predicted molar refractivity (Wildman–Crippen MR) is 160 cm³/mol. The molecule has 0 aromatic heterocycles. The minimum atomic E-state index is -3.46. The summed E-state index contributed by atoms with van der Waals surface area (Å²) in [7, 11) is -7.43. The van der Waals surface area contributed by atoms with Crippen LogP contribution in [0, 0.1) is 11.8 Å². The normalized spacial score (nSPS) is 18.4. The van der Waals surface area contributed by atoms with E-state index < -0.39 is 28.3 Å². The Labute approximate surface area is 248 Å². The fraction of sp³-hybridized carbons (Fsp3) is 0.400. The lowest BCUT2D eigenvalue weighted by atomic mass is 10.2. The molecule has 3 N–H and O–H groups in total. The van der Waals surface area contributed by atoms with Gasteiger partial charge in [0.15, 0.2) is 0 Å². The topological polar surface area (TPSA) is 132 Å². The maximum absolute atomic E-state index is 13.0. The van der Waals surface area contributed by atoms with E-state index >= 15 is 0 Å². The van der Waals surface area contributed by atoms with Gasteiger partial charge in [-0.3, -0.25) is 13.5 Å². The Balaban J connectivity index is 0.000000293. The number of aliphatic hydroxyl groups excluding tert-OH is 3. The molecule has 0 amide bonds. The summed E-state index contributed by atoms with van der Waals surface area (Å²) in [5, 5.41) is 27.5. The smallest absolute Gasteiger partial charge is 0.331 e. The van der Waals surface area contributed by atoms with Crippen LogP contribution >= 0.6 is 15.2 Å².